The van der Waals surface area contributed by atoms with Gasteiger partial charge in [0.1, 0.15) is 6.23 Å². The van der Waals surface area contributed by atoms with Gasteiger partial charge in [-0.05, 0) is 37.0 Å². The van der Waals surface area contributed by atoms with Crippen molar-refractivity contribution in [3.8, 4) is 0 Å². The Morgan fingerprint density at radius 2 is 1.96 bits per heavy atom. The Labute approximate surface area is 148 Å². The summed E-state index contributed by atoms with van der Waals surface area (Å²) in [5.41, 5.74) is 1.52. The highest BCUT2D eigenvalue weighted by Gasteiger charge is 2.52. The Morgan fingerprint density at radius 3 is 2.57 bits per heavy atom. The van der Waals surface area contributed by atoms with Crippen molar-refractivity contribution in [2.75, 3.05) is 7.11 Å². The standard InChI is InChI=1S/C19H29BrN2O/c1-3-4-7-17-21-19(12-5-6-13-19)18(23-2)22(17)14-15-8-10-16(20)11-9-15/h8-11,17-18,21H,3-7,12-14H2,1-2H3. The van der Waals surface area contributed by atoms with E-state index < -0.39 is 0 Å². The molecule has 1 aliphatic heterocycles. The van der Waals surface area contributed by atoms with Crippen LogP contribution in [0.3, 0.4) is 0 Å². The van der Waals surface area contributed by atoms with E-state index in [9.17, 15) is 0 Å². The monoisotopic (exact) mass is 380 g/mol. The van der Waals surface area contributed by atoms with Crippen molar-refractivity contribution in [3.63, 3.8) is 0 Å². The molecule has 1 aromatic rings. The van der Waals surface area contributed by atoms with Crippen LogP contribution >= 0.6 is 15.9 Å². The molecule has 0 amide bonds. The second-order valence-electron chi connectivity index (χ2n) is 7.05. The summed E-state index contributed by atoms with van der Waals surface area (Å²) in [7, 11) is 1.88. The predicted molar refractivity (Wildman–Crippen MR) is 98.1 cm³/mol. The number of methoxy groups -OCH3 is 1. The molecule has 4 heteroatoms. The molecular weight excluding hydrogens is 352 g/mol. The van der Waals surface area contributed by atoms with E-state index in [1.165, 1.54) is 50.5 Å². The predicted octanol–water partition coefficient (Wildman–Crippen LogP) is 4.66. The molecule has 1 aromatic carbocycles. The molecule has 1 saturated heterocycles. The summed E-state index contributed by atoms with van der Waals surface area (Å²) in [5, 5.41) is 3.98. The van der Waals surface area contributed by atoms with E-state index in [1.807, 2.05) is 7.11 Å². The highest BCUT2D eigenvalue weighted by Crippen LogP contribution is 2.42. The lowest BCUT2D eigenvalue weighted by Gasteiger charge is -2.33. The van der Waals surface area contributed by atoms with Gasteiger partial charge in [-0.1, -0.05) is 60.7 Å². The molecule has 1 aliphatic carbocycles. The number of unbranched alkanes of at least 4 members (excludes halogenated alkanes) is 1. The first-order chi connectivity index (χ1) is 11.2. The van der Waals surface area contributed by atoms with Crippen LogP contribution in [0.15, 0.2) is 28.7 Å². The smallest absolute Gasteiger partial charge is 0.130 e. The fraction of sp³-hybridized carbons (Fsp3) is 0.684. The highest BCUT2D eigenvalue weighted by atomic mass is 79.9. The lowest BCUT2D eigenvalue weighted by Crippen LogP contribution is -2.48. The molecule has 3 nitrogen and oxygen atoms in total. The molecule has 1 spiro atoms. The van der Waals surface area contributed by atoms with Gasteiger partial charge in [0.2, 0.25) is 0 Å². The maximum absolute atomic E-state index is 6.02. The zero-order valence-corrected chi connectivity index (χ0v) is 15.9. The Bertz CT molecular complexity index is 499. The van der Waals surface area contributed by atoms with Crippen LogP contribution in [-0.4, -0.2) is 29.9 Å². The number of hydrogen-bond acceptors (Lipinski definition) is 3. The van der Waals surface area contributed by atoms with Crippen LogP contribution < -0.4 is 5.32 Å². The minimum absolute atomic E-state index is 0.169. The summed E-state index contributed by atoms with van der Waals surface area (Å²) in [6, 6.07) is 8.70. The molecule has 23 heavy (non-hydrogen) atoms. The van der Waals surface area contributed by atoms with E-state index >= 15 is 0 Å². The van der Waals surface area contributed by atoms with Gasteiger partial charge >= 0.3 is 0 Å². The maximum Gasteiger partial charge on any atom is 0.130 e. The third-order valence-corrected chi connectivity index (χ3v) is 5.99. The third kappa shape index (κ3) is 3.65. The summed E-state index contributed by atoms with van der Waals surface area (Å²) in [6.07, 6.45) is 9.46. The number of hydrogen-bond donors (Lipinski definition) is 1. The maximum atomic E-state index is 6.02. The molecular formula is C19H29BrN2O. The van der Waals surface area contributed by atoms with Crippen LogP contribution in [0.5, 0.6) is 0 Å². The third-order valence-electron chi connectivity index (χ3n) is 5.46. The molecule has 0 bridgehead atoms. The van der Waals surface area contributed by atoms with Gasteiger partial charge in [-0.3, -0.25) is 10.2 Å². The molecule has 2 aliphatic rings. The lowest BCUT2D eigenvalue weighted by molar-refractivity contribution is -0.0565. The van der Waals surface area contributed by atoms with E-state index in [-0.39, 0.29) is 11.8 Å². The van der Waals surface area contributed by atoms with Gasteiger partial charge in [-0.2, -0.15) is 0 Å². The van der Waals surface area contributed by atoms with Gasteiger partial charge in [0.15, 0.2) is 0 Å². The minimum atomic E-state index is 0.169. The van der Waals surface area contributed by atoms with Crippen molar-refractivity contribution in [1.82, 2.24) is 10.2 Å². The topological polar surface area (TPSA) is 24.5 Å². The van der Waals surface area contributed by atoms with Crippen molar-refractivity contribution in [2.24, 2.45) is 0 Å². The molecule has 2 fully saturated rings. The first-order valence-corrected chi connectivity index (χ1v) is 9.78. The van der Waals surface area contributed by atoms with Crippen molar-refractivity contribution in [3.05, 3.63) is 34.3 Å². The lowest BCUT2D eigenvalue weighted by atomic mass is 9.96. The Morgan fingerprint density at radius 1 is 1.26 bits per heavy atom. The molecule has 2 unspecified atom stereocenters. The van der Waals surface area contributed by atoms with Gasteiger partial charge in [0, 0.05) is 18.1 Å². The molecule has 3 rings (SSSR count). The largest absolute Gasteiger partial charge is 0.364 e. The van der Waals surface area contributed by atoms with Crippen molar-refractivity contribution in [1.29, 1.82) is 0 Å². The number of halogens is 1. The summed E-state index contributed by atoms with van der Waals surface area (Å²) in [4.78, 5) is 2.56. The van der Waals surface area contributed by atoms with Crippen LogP contribution in [0.4, 0.5) is 0 Å². The van der Waals surface area contributed by atoms with Gasteiger partial charge in [0.05, 0.1) is 11.7 Å². The van der Waals surface area contributed by atoms with E-state index in [1.54, 1.807) is 0 Å². The molecule has 2 atom stereocenters. The fourth-order valence-electron chi connectivity index (χ4n) is 4.35. The van der Waals surface area contributed by atoms with Gasteiger partial charge in [0.25, 0.3) is 0 Å². The molecule has 1 saturated carbocycles. The van der Waals surface area contributed by atoms with Gasteiger partial charge in [-0.25, -0.2) is 0 Å². The van der Waals surface area contributed by atoms with Crippen molar-refractivity contribution >= 4 is 15.9 Å². The highest BCUT2D eigenvalue weighted by molar-refractivity contribution is 9.10. The van der Waals surface area contributed by atoms with Gasteiger partial charge in [-0.15, -0.1) is 0 Å². The Balaban J connectivity index is 1.81. The summed E-state index contributed by atoms with van der Waals surface area (Å²) in [5.74, 6) is 0. The van der Waals surface area contributed by atoms with Crippen LogP contribution in [0.25, 0.3) is 0 Å². The first-order valence-electron chi connectivity index (χ1n) is 8.99. The molecule has 128 valence electrons. The summed E-state index contributed by atoms with van der Waals surface area (Å²) < 4.78 is 7.16. The average molecular weight is 381 g/mol. The molecule has 0 aromatic heterocycles. The van der Waals surface area contributed by atoms with Crippen molar-refractivity contribution in [2.45, 2.75) is 76.3 Å². The average Bonchev–Trinajstić information content (AvgIpc) is 3.13. The van der Waals surface area contributed by atoms with E-state index in [2.05, 4.69) is 57.3 Å². The summed E-state index contributed by atoms with van der Waals surface area (Å²) >= 11 is 3.53. The zero-order chi connectivity index (χ0) is 16.3. The second-order valence-corrected chi connectivity index (χ2v) is 7.97. The minimum Gasteiger partial charge on any atom is -0.364 e. The number of benzene rings is 1. The Hall–Kier alpha value is -0.420. The Kier molecular flexibility index (Phi) is 5.78. The number of nitrogens with one attached hydrogen (secondary N) is 1. The number of rotatable bonds is 6. The number of ether oxygens (including phenoxy) is 1. The first kappa shape index (κ1) is 17.4. The van der Waals surface area contributed by atoms with Crippen LogP contribution in [-0.2, 0) is 11.3 Å². The van der Waals surface area contributed by atoms with Crippen LogP contribution in [0.1, 0.15) is 57.4 Å². The van der Waals surface area contributed by atoms with E-state index in [0.29, 0.717) is 6.17 Å². The van der Waals surface area contributed by atoms with E-state index in [0.717, 1.165) is 11.0 Å². The molecule has 1 N–H and O–H groups in total. The molecule has 1 heterocycles. The SMILES string of the molecule is CCCCC1NC2(CCCC2)C(OC)N1Cc1ccc(Br)cc1. The van der Waals surface area contributed by atoms with Gasteiger partial charge < -0.3 is 4.74 Å². The van der Waals surface area contributed by atoms with E-state index in [4.69, 9.17) is 4.74 Å². The van der Waals surface area contributed by atoms with Crippen LogP contribution in [0, 0.1) is 0 Å². The second kappa shape index (κ2) is 7.64. The van der Waals surface area contributed by atoms with Crippen LogP contribution in [0.2, 0.25) is 0 Å². The fourth-order valence-corrected chi connectivity index (χ4v) is 4.62. The quantitative estimate of drug-likeness (QED) is 0.776. The number of nitrogens with zero attached hydrogens (tertiary/aromatic N) is 1. The van der Waals surface area contributed by atoms with Crippen molar-refractivity contribution < 1.29 is 4.74 Å². The zero-order valence-electron chi connectivity index (χ0n) is 14.4. The normalized spacial score (nSPS) is 27.1. The summed E-state index contributed by atoms with van der Waals surface area (Å²) in [6.45, 7) is 3.22. The molecule has 0 radical (unpaired) electrons.